The highest BCUT2D eigenvalue weighted by Crippen LogP contribution is 2.40. The van der Waals surface area contributed by atoms with Gasteiger partial charge in [0.15, 0.2) is 0 Å². The van der Waals surface area contributed by atoms with Crippen molar-refractivity contribution in [3.63, 3.8) is 0 Å². The van der Waals surface area contributed by atoms with Crippen LogP contribution in [0.4, 0.5) is 16.0 Å². The zero-order valence-electron chi connectivity index (χ0n) is 13.0. The number of thiophene rings is 1. The third-order valence-corrected chi connectivity index (χ3v) is 5.73. The zero-order valence-corrected chi connectivity index (χ0v) is 14.6. The zero-order chi connectivity index (χ0) is 17.1. The minimum Gasteiger partial charge on any atom is -0.324 e. The Hall–Kier alpha value is -2.43. The summed E-state index contributed by atoms with van der Waals surface area (Å²) in [6.45, 7) is 1.93. The van der Waals surface area contributed by atoms with Crippen molar-refractivity contribution in [3.05, 3.63) is 52.8 Å². The molecule has 0 spiro atoms. The number of hydrogen-bond donors (Lipinski definition) is 1. The predicted octanol–water partition coefficient (Wildman–Crippen LogP) is 4.99. The largest absolute Gasteiger partial charge is 0.324 e. The summed E-state index contributed by atoms with van der Waals surface area (Å²) in [5.74, 6) is 0.132. The Labute approximate surface area is 147 Å². The molecule has 24 heavy (non-hydrogen) atoms. The SMILES string of the molecule is CSc1sc(C#N)c(C)c1-c1ccnc(Nc2ccc(F)cc2)n1. The summed E-state index contributed by atoms with van der Waals surface area (Å²) < 4.78 is 14.0. The van der Waals surface area contributed by atoms with Crippen molar-refractivity contribution in [2.75, 3.05) is 11.6 Å². The van der Waals surface area contributed by atoms with E-state index in [0.717, 1.165) is 21.0 Å². The number of halogens is 1. The fourth-order valence-corrected chi connectivity index (χ4v) is 4.15. The lowest BCUT2D eigenvalue weighted by Gasteiger charge is -2.07. The summed E-state index contributed by atoms with van der Waals surface area (Å²) in [6.07, 6.45) is 3.65. The fraction of sp³-hybridized carbons (Fsp3) is 0.118. The van der Waals surface area contributed by atoms with Crippen LogP contribution in [-0.2, 0) is 0 Å². The van der Waals surface area contributed by atoms with Gasteiger partial charge in [0.2, 0.25) is 5.95 Å². The molecule has 0 saturated heterocycles. The highest BCUT2D eigenvalue weighted by atomic mass is 32.2. The number of aromatic nitrogens is 2. The van der Waals surface area contributed by atoms with Gasteiger partial charge < -0.3 is 5.32 Å². The lowest BCUT2D eigenvalue weighted by Crippen LogP contribution is -1.98. The number of rotatable bonds is 4. The molecule has 0 saturated carbocycles. The number of thioether (sulfide) groups is 1. The number of nitrogens with zero attached hydrogens (tertiary/aromatic N) is 3. The van der Waals surface area contributed by atoms with Crippen molar-refractivity contribution >= 4 is 34.7 Å². The Morgan fingerprint density at radius 1 is 1.25 bits per heavy atom. The smallest absolute Gasteiger partial charge is 0.227 e. The molecule has 4 nitrogen and oxygen atoms in total. The van der Waals surface area contributed by atoms with Gasteiger partial charge in [-0.3, -0.25) is 0 Å². The topological polar surface area (TPSA) is 61.6 Å². The average molecular weight is 356 g/mol. The van der Waals surface area contributed by atoms with Gasteiger partial charge in [0.1, 0.15) is 16.8 Å². The molecule has 2 aromatic heterocycles. The van der Waals surface area contributed by atoms with Gasteiger partial charge in [-0.2, -0.15) is 5.26 Å². The molecule has 3 rings (SSSR count). The van der Waals surface area contributed by atoms with E-state index in [9.17, 15) is 9.65 Å². The average Bonchev–Trinajstić information content (AvgIpc) is 2.93. The first-order chi connectivity index (χ1) is 11.6. The van der Waals surface area contributed by atoms with E-state index in [4.69, 9.17) is 0 Å². The molecule has 120 valence electrons. The van der Waals surface area contributed by atoms with E-state index < -0.39 is 0 Å². The molecule has 0 bridgehead atoms. The second kappa shape index (κ2) is 6.99. The maximum Gasteiger partial charge on any atom is 0.227 e. The molecule has 0 atom stereocenters. The molecule has 2 heterocycles. The van der Waals surface area contributed by atoms with Crippen LogP contribution in [0.2, 0.25) is 0 Å². The highest BCUT2D eigenvalue weighted by Gasteiger charge is 2.17. The Balaban J connectivity index is 1.98. The Bertz CT molecular complexity index is 913. The van der Waals surface area contributed by atoms with Crippen molar-refractivity contribution < 1.29 is 4.39 Å². The Kier molecular flexibility index (Phi) is 4.79. The van der Waals surface area contributed by atoms with E-state index in [1.165, 1.54) is 23.5 Å². The van der Waals surface area contributed by atoms with E-state index >= 15 is 0 Å². The van der Waals surface area contributed by atoms with Crippen LogP contribution in [0, 0.1) is 24.1 Å². The third kappa shape index (κ3) is 3.25. The molecule has 0 amide bonds. The Morgan fingerprint density at radius 3 is 2.67 bits per heavy atom. The molecular weight excluding hydrogens is 343 g/mol. The molecule has 3 aromatic rings. The van der Waals surface area contributed by atoms with Crippen LogP contribution in [0.15, 0.2) is 40.7 Å². The number of nitriles is 1. The minimum absolute atomic E-state index is 0.294. The highest BCUT2D eigenvalue weighted by molar-refractivity contribution is 8.00. The fourth-order valence-electron chi connectivity index (χ4n) is 2.25. The molecule has 0 aliphatic heterocycles. The quantitative estimate of drug-likeness (QED) is 0.667. The van der Waals surface area contributed by atoms with E-state index in [2.05, 4.69) is 21.4 Å². The van der Waals surface area contributed by atoms with Crippen LogP contribution in [-0.4, -0.2) is 16.2 Å². The molecule has 0 radical (unpaired) electrons. The molecule has 0 unspecified atom stereocenters. The van der Waals surface area contributed by atoms with Gasteiger partial charge in [-0.1, -0.05) is 0 Å². The summed E-state index contributed by atoms with van der Waals surface area (Å²) in [6, 6.07) is 10.1. The first-order valence-electron chi connectivity index (χ1n) is 7.06. The molecule has 0 fully saturated rings. The first kappa shape index (κ1) is 16.4. The van der Waals surface area contributed by atoms with Gasteiger partial charge in [-0.25, -0.2) is 14.4 Å². The van der Waals surface area contributed by atoms with Crippen molar-refractivity contribution in [3.8, 4) is 17.3 Å². The summed E-state index contributed by atoms with van der Waals surface area (Å²) in [5.41, 5.74) is 3.36. The maximum absolute atomic E-state index is 13.0. The van der Waals surface area contributed by atoms with Gasteiger partial charge in [0, 0.05) is 17.4 Å². The summed E-state index contributed by atoms with van der Waals surface area (Å²) in [5, 5.41) is 12.3. The van der Waals surface area contributed by atoms with Crippen LogP contribution >= 0.6 is 23.1 Å². The number of nitrogens with one attached hydrogen (secondary N) is 1. The molecule has 0 aliphatic rings. The van der Waals surface area contributed by atoms with E-state index in [0.29, 0.717) is 16.5 Å². The third-order valence-electron chi connectivity index (χ3n) is 3.41. The van der Waals surface area contributed by atoms with Crippen molar-refractivity contribution in [2.45, 2.75) is 11.1 Å². The normalized spacial score (nSPS) is 10.4. The van der Waals surface area contributed by atoms with E-state index in [1.807, 2.05) is 19.2 Å². The van der Waals surface area contributed by atoms with E-state index in [1.54, 1.807) is 30.1 Å². The van der Waals surface area contributed by atoms with Crippen LogP contribution in [0.25, 0.3) is 11.3 Å². The van der Waals surface area contributed by atoms with Crippen LogP contribution < -0.4 is 5.32 Å². The number of anilines is 2. The molecule has 0 aliphatic carbocycles. The number of hydrogen-bond acceptors (Lipinski definition) is 6. The molecule has 7 heteroatoms. The van der Waals surface area contributed by atoms with Gasteiger partial charge in [-0.05, 0) is 49.1 Å². The van der Waals surface area contributed by atoms with Crippen molar-refractivity contribution in [1.82, 2.24) is 9.97 Å². The number of benzene rings is 1. The molecule has 1 aromatic carbocycles. The summed E-state index contributed by atoms with van der Waals surface area (Å²) in [4.78, 5) is 9.45. The van der Waals surface area contributed by atoms with Crippen LogP contribution in [0.3, 0.4) is 0 Å². The van der Waals surface area contributed by atoms with Gasteiger partial charge >= 0.3 is 0 Å². The predicted molar refractivity (Wildman–Crippen MR) is 96.3 cm³/mol. The first-order valence-corrected chi connectivity index (χ1v) is 9.10. The molecular formula is C17H13FN4S2. The second-order valence-electron chi connectivity index (χ2n) is 4.93. The monoisotopic (exact) mass is 356 g/mol. The van der Waals surface area contributed by atoms with Crippen LogP contribution in [0.1, 0.15) is 10.4 Å². The van der Waals surface area contributed by atoms with Gasteiger partial charge in [-0.15, -0.1) is 23.1 Å². The lowest BCUT2D eigenvalue weighted by atomic mass is 10.1. The second-order valence-corrected chi connectivity index (χ2v) is 7.03. The van der Waals surface area contributed by atoms with Crippen molar-refractivity contribution in [1.29, 1.82) is 5.26 Å². The van der Waals surface area contributed by atoms with Gasteiger partial charge in [0.25, 0.3) is 0 Å². The maximum atomic E-state index is 13.0. The van der Waals surface area contributed by atoms with Gasteiger partial charge in [0.05, 0.1) is 9.90 Å². The minimum atomic E-state index is -0.294. The Morgan fingerprint density at radius 2 is 2.00 bits per heavy atom. The summed E-state index contributed by atoms with van der Waals surface area (Å²) >= 11 is 3.07. The standard InChI is InChI=1S/C17H13FN4S2/c1-10-14(9-19)24-16(23-2)15(10)13-7-8-20-17(22-13)21-12-5-3-11(18)4-6-12/h3-8H,1-2H3,(H,20,21,22). The van der Waals surface area contributed by atoms with Crippen LogP contribution in [0.5, 0.6) is 0 Å². The molecule has 1 N–H and O–H groups in total. The van der Waals surface area contributed by atoms with Crippen molar-refractivity contribution in [2.24, 2.45) is 0 Å². The lowest BCUT2D eigenvalue weighted by molar-refractivity contribution is 0.628. The summed E-state index contributed by atoms with van der Waals surface area (Å²) in [7, 11) is 0. The van der Waals surface area contributed by atoms with E-state index in [-0.39, 0.29) is 5.82 Å².